The van der Waals surface area contributed by atoms with E-state index < -0.39 is 0 Å². The van der Waals surface area contributed by atoms with Crippen molar-refractivity contribution in [3.8, 4) is 0 Å². The summed E-state index contributed by atoms with van der Waals surface area (Å²) in [5.74, 6) is 0. The molecule has 0 heterocycles. The van der Waals surface area contributed by atoms with Gasteiger partial charge in [0.15, 0.2) is 0 Å². The van der Waals surface area contributed by atoms with Crippen LogP contribution in [0.25, 0.3) is 0 Å². The fourth-order valence-electron chi connectivity index (χ4n) is 4.05. The van der Waals surface area contributed by atoms with E-state index in [4.69, 9.17) is 4.74 Å². The minimum absolute atomic E-state index is 0. The number of hydrogen-bond donors (Lipinski definition) is 1. The highest BCUT2D eigenvalue weighted by Crippen LogP contribution is 2.20. The van der Waals surface area contributed by atoms with Crippen LogP contribution in [0, 0.1) is 0 Å². The third-order valence-corrected chi connectivity index (χ3v) is 6.12. The Kier molecular flexibility index (Phi) is 26.0. The van der Waals surface area contributed by atoms with Crippen molar-refractivity contribution in [2.75, 3.05) is 6.61 Å². The maximum Gasteiger partial charge on any atom is 0.0626 e. The molecule has 0 amide bonds. The largest absolute Gasteiger partial charge is 0.376 e. The molecule has 2 heteroatoms. The van der Waals surface area contributed by atoms with Crippen LogP contribution in [0.5, 0.6) is 0 Å². The average Bonchev–Trinajstić information content (AvgIpc) is 2.67. The summed E-state index contributed by atoms with van der Waals surface area (Å²) in [5, 5.41) is 0. The second-order valence-corrected chi connectivity index (χ2v) is 9.72. The molecular weight excluding hydrogens is 354 g/mol. The van der Waals surface area contributed by atoms with Gasteiger partial charge in [-0.25, -0.2) is 0 Å². The van der Waals surface area contributed by atoms with E-state index in [1.165, 1.54) is 135 Å². The van der Waals surface area contributed by atoms with Gasteiger partial charge in [0.2, 0.25) is 0 Å². The van der Waals surface area contributed by atoms with E-state index in [2.05, 4.69) is 27.7 Å². The van der Waals surface area contributed by atoms with Crippen LogP contribution in [-0.2, 0) is 4.74 Å². The molecule has 0 atom stereocenters. The summed E-state index contributed by atoms with van der Waals surface area (Å²) in [6.07, 6.45) is 29.4. The maximum atomic E-state index is 6.18. The van der Waals surface area contributed by atoms with Crippen molar-refractivity contribution in [3.63, 3.8) is 0 Å². The number of unbranched alkanes of at least 4 members (excludes halogenated alkanes) is 18. The quantitative estimate of drug-likeness (QED) is 0.169. The van der Waals surface area contributed by atoms with Crippen molar-refractivity contribution in [2.24, 2.45) is 0 Å². The zero-order valence-corrected chi connectivity index (χ0v) is 21.2. The van der Waals surface area contributed by atoms with E-state index in [-0.39, 0.29) is 11.8 Å². The minimum atomic E-state index is 0. The van der Waals surface area contributed by atoms with Crippen LogP contribution in [0.2, 0.25) is 0 Å². The van der Waals surface area contributed by atoms with Gasteiger partial charge >= 0.3 is 0 Å². The molecule has 0 spiro atoms. The van der Waals surface area contributed by atoms with E-state index in [1.54, 1.807) is 0 Å². The number of ether oxygens (including phenoxy) is 1. The smallest absolute Gasteiger partial charge is 0.0626 e. The van der Waals surface area contributed by atoms with Gasteiger partial charge in [-0.2, -0.15) is 0 Å². The summed E-state index contributed by atoms with van der Waals surface area (Å²) in [6, 6.07) is 0. The first-order valence-electron chi connectivity index (χ1n) is 13.3. The summed E-state index contributed by atoms with van der Waals surface area (Å²) >= 11 is 0. The fraction of sp³-hybridized carbons (Fsp3) is 1.00. The van der Waals surface area contributed by atoms with Crippen molar-refractivity contribution >= 4 is 0 Å². The first-order chi connectivity index (χ1) is 13.6. The van der Waals surface area contributed by atoms with Crippen LogP contribution in [0.4, 0.5) is 0 Å². The molecule has 0 radical (unpaired) electrons. The van der Waals surface area contributed by atoms with Crippen LogP contribution in [0.1, 0.15) is 163 Å². The Morgan fingerprint density at radius 3 is 1.14 bits per heavy atom. The Morgan fingerprint density at radius 2 is 0.759 bits per heavy atom. The van der Waals surface area contributed by atoms with Crippen LogP contribution < -0.4 is 6.15 Å². The van der Waals surface area contributed by atoms with Crippen LogP contribution in [0.3, 0.4) is 0 Å². The Morgan fingerprint density at radius 1 is 0.448 bits per heavy atom. The van der Waals surface area contributed by atoms with Crippen LogP contribution in [0.15, 0.2) is 0 Å². The number of hydrogen-bond acceptors (Lipinski definition) is 2. The van der Waals surface area contributed by atoms with Gasteiger partial charge in [0.25, 0.3) is 0 Å². The maximum absolute atomic E-state index is 6.18. The lowest BCUT2D eigenvalue weighted by Gasteiger charge is -2.25. The molecule has 3 N–H and O–H groups in total. The van der Waals surface area contributed by atoms with Gasteiger partial charge in [0, 0.05) is 6.61 Å². The second-order valence-electron chi connectivity index (χ2n) is 9.72. The van der Waals surface area contributed by atoms with Gasteiger partial charge in [-0.1, -0.05) is 136 Å². The van der Waals surface area contributed by atoms with E-state index in [0.29, 0.717) is 0 Å². The number of rotatable bonds is 23. The van der Waals surface area contributed by atoms with Gasteiger partial charge in [0.1, 0.15) is 0 Å². The molecule has 0 aromatic rings. The molecule has 0 aromatic carbocycles. The molecule has 0 aromatic heterocycles. The molecule has 0 rings (SSSR count). The van der Waals surface area contributed by atoms with Gasteiger partial charge < -0.3 is 10.9 Å². The van der Waals surface area contributed by atoms with Crippen LogP contribution in [-0.4, -0.2) is 12.2 Å². The minimum Gasteiger partial charge on any atom is -0.376 e. The van der Waals surface area contributed by atoms with Crippen molar-refractivity contribution in [3.05, 3.63) is 0 Å². The lowest BCUT2D eigenvalue weighted by molar-refractivity contribution is -0.0266. The second kappa shape index (κ2) is 24.2. The average molecular weight is 414 g/mol. The van der Waals surface area contributed by atoms with Gasteiger partial charge in [-0.3, -0.25) is 0 Å². The SMILES string of the molecule is CCCCCCCCCCCCOC(C)(C)CCCCCCCCCCCC.N. The van der Waals surface area contributed by atoms with Gasteiger partial charge in [-0.05, 0) is 26.7 Å². The van der Waals surface area contributed by atoms with E-state index in [1.807, 2.05) is 0 Å². The molecular formula is C27H59NO. The first-order valence-corrected chi connectivity index (χ1v) is 13.3. The summed E-state index contributed by atoms with van der Waals surface area (Å²) in [4.78, 5) is 0. The Balaban J connectivity index is 0. The fourth-order valence-corrected chi connectivity index (χ4v) is 4.05. The molecule has 29 heavy (non-hydrogen) atoms. The molecule has 0 saturated carbocycles. The molecule has 2 nitrogen and oxygen atoms in total. The third kappa shape index (κ3) is 25.9. The molecule has 0 unspecified atom stereocenters. The molecule has 0 saturated heterocycles. The lowest BCUT2D eigenvalue weighted by Crippen LogP contribution is -2.24. The van der Waals surface area contributed by atoms with Gasteiger partial charge in [0.05, 0.1) is 5.60 Å². The molecule has 0 fully saturated rings. The highest BCUT2D eigenvalue weighted by atomic mass is 16.5. The molecule has 0 bridgehead atoms. The summed E-state index contributed by atoms with van der Waals surface area (Å²) in [5.41, 5.74) is 0.0828. The van der Waals surface area contributed by atoms with Crippen LogP contribution >= 0.6 is 0 Å². The topological polar surface area (TPSA) is 44.2 Å². The first kappa shape index (κ1) is 31.1. The van der Waals surface area contributed by atoms with Crippen molar-refractivity contribution in [2.45, 2.75) is 168 Å². The van der Waals surface area contributed by atoms with E-state index >= 15 is 0 Å². The highest BCUT2D eigenvalue weighted by molar-refractivity contribution is 4.68. The molecule has 0 aliphatic carbocycles. The summed E-state index contributed by atoms with van der Waals surface area (Å²) < 4.78 is 6.18. The zero-order valence-electron chi connectivity index (χ0n) is 21.2. The van der Waals surface area contributed by atoms with E-state index in [0.717, 1.165) is 6.61 Å². The lowest BCUT2D eigenvalue weighted by atomic mass is 9.99. The molecule has 0 aliphatic rings. The molecule has 0 aliphatic heterocycles. The Bertz CT molecular complexity index is 290. The zero-order chi connectivity index (χ0) is 20.8. The predicted octanol–water partition coefficient (Wildman–Crippen LogP) is 10.2. The normalized spacial score (nSPS) is 11.6. The summed E-state index contributed by atoms with van der Waals surface area (Å²) in [7, 11) is 0. The van der Waals surface area contributed by atoms with E-state index in [9.17, 15) is 0 Å². The Hall–Kier alpha value is -0.0800. The van der Waals surface area contributed by atoms with Crippen molar-refractivity contribution < 1.29 is 4.74 Å². The van der Waals surface area contributed by atoms with Gasteiger partial charge in [-0.15, -0.1) is 0 Å². The van der Waals surface area contributed by atoms with Crippen molar-refractivity contribution in [1.82, 2.24) is 6.15 Å². The predicted molar refractivity (Wildman–Crippen MR) is 133 cm³/mol. The monoisotopic (exact) mass is 413 g/mol. The van der Waals surface area contributed by atoms with Crippen molar-refractivity contribution in [1.29, 1.82) is 0 Å². The third-order valence-electron chi connectivity index (χ3n) is 6.12. The highest BCUT2D eigenvalue weighted by Gasteiger charge is 2.17. The Labute approximate surface area is 185 Å². The summed E-state index contributed by atoms with van der Waals surface area (Å²) in [6.45, 7) is 10.1. The molecule has 178 valence electrons. The standard InChI is InChI=1S/C27H56O.H3N/c1-5-7-9-11-13-15-17-19-21-23-25-27(3,4)28-26-24-22-20-18-16-14-12-10-8-6-2;/h5-26H2,1-4H3;1H3.